The number of benzene rings is 1. The van der Waals surface area contributed by atoms with Gasteiger partial charge in [0.25, 0.3) is 0 Å². The fourth-order valence-electron chi connectivity index (χ4n) is 3.74. The standard InChI is InChI=1S/C19H27NSi/c1-21(2,3)15-17-14-20(13-16-9-5-4-6-10-16)19-12-8-7-11-18(17)19/h4-7,9-11,15,18-19H,8,12-14H2,1-3H3/b17-15-/t18-,19-/m1/s1. The summed E-state index contributed by atoms with van der Waals surface area (Å²) in [6, 6.07) is 11.7. The van der Waals surface area contributed by atoms with Crippen LogP contribution in [0, 0.1) is 5.92 Å². The zero-order chi connectivity index (χ0) is 14.9. The van der Waals surface area contributed by atoms with Crippen molar-refractivity contribution in [1.29, 1.82) is 0 Å². The van der Waals surface area contributed by atoms with Gasteiger partial charge in [0, 0.05) is 25.0 Å². The van der Waals surface area contributed by atoms with E-state index in [0.717, 1.165) is 12.6 Å². The van der Waals surface area contributed by atoms with Gasteiger partial charge in [-0.25, -0.2) is 0 Å². The van der Waals surface area contributed by atoms with Crippen molar-refractivity contribution in [2.24, 2.45) is 5.92 Å². The van der Waals surface area contributed by atoms with Crippen LogP contribution in [-0.4, -0.2) is 25.6 Å². The molecule has 1 fully saturated rings. The first-order valence-electron chi connectivity index (χ1n) is 8.19. The molecule has 3 rings (SSSR count). The van der Waals surface area contributed by atoms with E-state index in [9.17, 15) is 0 Å². The number of nitrogens with zero attached hydrogens (tertiary/aromatic N) is 1. The predicted octanol–water partition coefficient (Wildman–Crippen LogP) is 4.64. The molecule has 1 saturated heterocycles. The monoisotopic (exact) mass is 297 g/mol. The van der Waals surface area contributed by atoms with Gasteiger partial charge in [-0.1, -0.05) is 73.4 Å². The van der Waals surface area contributed by atoms with Crippen LogP contribution in [-0.2, 0) is 6.54 Å². The van der Waals surface area contributed by atoms with Gasteiger partial charge in [-0.15, -0.1) is 0 Å². The molecule has 0 N–H and O–H groups in total. The second-order valence-corrected chi connectivity index (χ2v) is 12.6. The molecule has 0 saturated carbocycles. The van der Waals surface area contributed by atoms with Crippen molar-refractivity contribution in [3.05, 3.63) is 59.3 Å². The van der Waals surface area contributed by atoms with E-state index in [2.05, 4.69) is 72.7 Å². The molecule has 1 aliphatic heterocycles. The van der Waals surface area contributed by atoms with E-state index in [1.165, 1.54) is 24.9 Å². The Morgan fingerprint density at radius 3 is 2.67 bits per heavy atom. The van der Waals surface area contributed by atoms with Crippen LogP contribution in [0.1, 0.15) is 18.4 Å². The Kier molecular flexibility index (Phi) is 4.18. The average molecular weight is 298 g/mol. The van der Waals surface area contributed by atoms with E-state index in [-0.39, 0.29) is 0 Å². The van der Waals surface area contributed by atoms with Crippen molar-refractivity contribution in [2.75, 3.05) is 6.54 Å². The molecule has 0 spiro atoms. The first kappa shape index (κ1) is 14.8. The Hall–Kier alpha value is -1.12. The highest BCUT2D eigenvalue weighted by molar-refractivity contribution is 6.81. The lowest BCUT2D eigenvalue weighted by molar-refractivity contribution is 0.215. The van der Waals surface area contributed by atoms with Crippen LogP contribution >= 0.6 is 0 Å². The molecule has 0 amide bonds. The fraction of sp³-hybridized carbons (Fsp3) is 0.474. The smallest absolute Gasteiger partial charge is 0.0687 e. The lowest BCUT2D eigenvalue weighted by Crippen LogP contribution is -2.32. The fourth-order valence-corrected chi connectivity index (χ4v) is 5.14. The summed E-state index contributed by atoms with van der Waals surface area (Å²) in [5, 5.41) is 0. The molecule has 2 atom stereocenters. The van der Waals surface area contributed by atoms with Crippen molar-refractivity contribution in [3.63, 3.8) is 0 Å². The van der Waals surface area contributed by atoms with Crippen LogP contribution in [0.2, 0.25) is 19.6 Å². The minimum Gasteiger partial charge on any atom is -0.291 e. The molecule has 0 aromatic heterocycles. The summed E-state index contributed by atoms with van der Waals surface area (Å²) in [6.45, 7) is 9.60. The Labute approximate surface area is 130 Å². The molecule has 1 heterocycles. The zero-order valence-electron chi connectivity index (χ0n) is 13.5. The van der Waals surface area contributed by atoms with Crippen molar-refractivity contribution < 1.29 is 0 Å². The van der Waals surface area contributed by atoms with E-state index in [4.69, 9.17) is 0 Å². The molecule has 0 unspecified atom stereocenters. The minimum atomic E-state index is -1.14. The third-order valence-corrected chi connectivity index (χ3v) is 5.75. The third kappa shape index (κ3) is 3.56. The minimum absolute atomic E-state index is 0.675. The second-order valence-electron chi connectivity index (χ2n) is 7.57. The van der Waals surface area contributed by atoms with E-state index in [0.29, 0.717) is 5.92 Å². The molecule has 2 aliphatic rings. The summed E-state index contributed by atoms with van der Waals surface area (Å²) in [7, 11) is -1.14. The molecule has 2 heteroatoms. The van der Waals surface area contributed by atoms with Crippen molar-refractivity contribution in [1.82, 2.24) is 4.90 Å². The molecule has 1 aliphatic carbocycles. The highest BCUT2D eigenvalue weighted by atomic mass is 28.3. The summed E-state index contributed by atoms with van der Waals surface area (Å²) in [4.78, 5) is 2.70. The van der Waals surface area contributed by atoms with Crippen LogP contribution in [0.25, 0.3) is 0 Å². The van der Waals surface area contributed by atoms with Gasteiger partial charge in [0.15, 0.2) is 0 Å². The van der Waals surface area contributed by atoms with Crippen LogP contribution in [0.15, 0.2) is 53.8 Å². The highest BCUT2D eigenvalue weighted by Gasteiger charge is 2.37. The number of hydrogen-bond donors (Lipinski definition) is 0. The largest absolute Gasteiger partial charge is 0.291 e. The van der Waals surface area contributed by atoms with Gasteiger partial charge in [-0.2, -0.15) is 0 Å². The quantitative estimate of drug-likeness (QED) is 0.580. The van der Waals surface area contributed by atoms with E-state index in [1.54, 1.807) is 5.57 Å². The van der Waals surface area contributed by atoms with Crippen molar-refractivity contribution >= 4 is 8.07 Å². The maximum absolute atomic E-state index is 2.70. The summed E-state index contributed by atoms with van der Waals surface area (Å²) < 4.78 is 0. The van der Waals surface area contributed by atoms with Gasteiger partial charge < -0.3 is 0 Å². The van der Waals surface area contributed by atoms with E-state index < -0.39 is 8.07 Å². The lowest BCUT2D eigenvalue weighted by atomic mass is 9.88. The molecule has 1 aromatic carbocycles. The Morgan fingerprint density at radius 1 is 1.19 bits per heavy atom. The topological polar surface area (TPSA) is 3.24 Å². The summed E-state index contributed by atoms with van der Waals surface area (Å²) in [5.74, 6) is 0.675. The molecular weight excluding hydrogens is 270 g/mol. The molecule has 0 bridgehead atoms. The van der Waals surface area contributed by atoms with Gasteiger partial charge in [-0.05, 0) is 18.4 Å². The molecule has 112 valence electrons. The number of fused-ring (bicyclic) bond motifs is 1. The summed E-state index contributed by atoms with van der Waals surface area (Å²) in [5.41, 5.74) is 5.77. The Balaban J connectivity index is 1.83. The Morgan fingerprint density at radius 2 is 1.95 bits per heavy atom. The molecule has 1 aromatic rings. The molecule has 0 radical (unpaired) electrons. The summed E-state index contributed by atoms with van der Waals surface area (Å²) in [6.07, 6.45) is 7.43. The summed E-state index contributed by atoms with van der Waals surface area (Å²) >= 11 is 0. The maximum atomic E-state index is 2.70. The maximum Gasteiger partial charge on any atom is 0.0687 e. The van der Waals surface area contributed by atoms with Crippen molar-refractivity contribution in [2.45, 2.75) is 45.1 Å². The molecule has 21 heavy (non-hydrogen) atoms. The van der Waals surface area contributed by atoms with E-state index >= 15 is 0 Å². The first-order chi connectivity index (χ1) is 10.0. The van der Waals surface area contributed by atoms with Crippen molar-refractivity contribution in [3.8, 4) is 0 Å². The number of likely N-dealkylation sites (tertiary alicyclic amines) is 1. The number of hydrogen-bond acceptors (Lipinski definition) is 1. The highest BCUT2D eigenvalue weighted by Crippen LogP contribution is 2.37. The zero-order valence-corrected chi connectivity index (χ0v) is 14.5. The van der Waals surface area contributed by atoms with Gasteiger partial charge in [0.05, 0.1) is 8.07 Å². The van der Waals surface area contributed by atoms with E-state index in [1.807, 2.05) is 0 Å². The normalized spacial score (nSPS) is 28.0. The van der Waals surface area contributed by atoms with Gasteiger partial charge in [0.1, 0.15) is 0 Å². The molecule has 1 nitrogen and oxygen atoms in total. The van der Waals surface area contributed by atoms with Crippen LogP contribution in [0.5, 0.6) is 0 Å². The van der Waals surface area contributed by atoms with Crippen LogP contribution in [0.3, 0.4) is 0 Å². The number of allylic oxidation sites excluding steroid dienone is 1. The van der Waals surface area contributed by atoms with Crippen LogP contribution < -0.4 is 0 Å². The first-order valence-corrected chi connectivity index (χ1v) is 11.8. The third-order valence-electron chi connectivity index (χ3n) is 4.52. The SMILES string of the molecule is C[Si](C)(C)/C=C1/CN(Cc2ccccc2)[C@@H]2CCC=C[C@H]12. The Bertz CT molecular complexity index is 538. The van der Waals surface area contributed by atoms with Crippen LogP contribution in [0.4, 0.5) is 0 Å². The lowest BCUT2D eigenvalue weighted by Gasteiger charge is -2.28. The number of rotatable bonds is 3. The second kappa shape index (κ2) is 5.94. The van der Waals surface area contributed by atoms with Gasteiger partial charge >= 0.3 is 0 Å². The average Bonchev–Trinajstić information content (AvgIpc) is 2.77. The predicted molar refractivity (Wildman–Crippen MR) is 93.9 cm³/mol. The van der Waals surface area contributed by atoms with Gasteiger partial charge in [-0.3, -0.25) is 4.90 Å². The molecular formula is C19H27NSi. The van der Waals surface area contributed by atoms with Gasteiger partial charge in [0.2, 0.25) is 0 Å².